The standard InChI is InChI=1S/C19H26FN5O2S/c1-4-22-19(25-15(3)16-8-7-14(2)18(20)12-16)23-10-11-24-28(26,27)17-6-5-9-21-13-17/h5-9,12-13,15,24H,4,10-11H2,1-3H3,(H2,22,23,25). The highest BCUT2D eigenvalue weighted by Gasteiger charge is 2.13. The van der Waals surface area contributed by atoms with Gasteiger partial charge in [-0.25, -0.2) is 17.5 Å². The highest BCUT2D eigenvalue weighted by molar-refractivity contribution is 7.89. The van der Waals surface area contributed by atoms with Crippen LogP contribution in [0.2, 0.25) is 0 Å². The van der Waals surface area contributed by atoms with Crippen LogP contribution in [0.25, 0.3) is 0 Å². The van der Waals surface area contributed by atoms with Gasteiger partial charge in [0, 0.05) is 25.5 Å². The first-order chi connectivity index (χ1) is 13.3. The number of hydrogen-bond donors (Lipinski definition) is 3. The van der Waals surface area contributed by atoms with Crippen molar-refractivity contribution < 1.29 is 12.8 Å². The van der Waals surface area contributed by atoms with Gasteiger partial charge in [-0.2, -0.15) is 0 Å². The summed E-state index contributed by atoms with van der Waals surface area (Å²) in [5, 5.41) is 6.29. The molecule has 9 heteroatoms. The fourth-order valence-electron chi connectivity index (χ4n) is 2.42. The van der Waals surface area contributed by atoms with E-state index in [1.807, 2.05) is 19.9 Å². The highest BCUT2D eigenvalue weighted by Crippen LogP contribution is 2.16. The maximum atomic E-state index is 13.8. The van der Waals surface area contributed by atoms with Crippen LogP contribution < -0.4 is 15.4 Å². The largest absolute Gasteiger partial charge is 0.357 e. The SMILES string of the molecule is CCNC(=NCCNS(=O)(=O)c1cccnc1)NC(C)c1ccc(C)c(F)c1. The van der Waals surface area contributed by atoms with Crippen LogP contribution in [-0.2, 0) is 10.0 Å². The molecular formula is C19H26FN5O2S. The Morgan fingerprint density at radius 1 is 1.32 bits per heavy atom. The molecule has 7 nitrogen and oxygen atoms in total. The number of rotatable bonds is 8. The lowest BCUT2D eigenvalue weighted by Crippen LogP contribution is -2.39. The van der Waals surface area contributed by atoms with E-state index in [9.17, 15) is 12.8 Å². The van der Waals surface area contributed by atoms with E-state index in [1.54, 1.807) is 19.1 Å². The fourth-order valence-corrected chi connectivity index (χ4v) is 3.41. The summed E-state index contributed by atoms with van der Waals surface area (Å²) in [4.78, 5) is 8.30. The van der Waals surface area contributed by atoms with E-state index >= 15 is 0 Å². The molecule has 0 bridgehead atoms. The topological polar surface area (TPSA) is 95.5 Å². The van der Waals surface area contributed by atoms with Crippen molar-refractivity contribution >= 4 is 16.0 Å². The van der Waals surface area contributed by atoms with Crippen molar-refractivity contribution in [3.05, 3.63) is 59.7 Å². The molecule has 2 aromatic rings. The second-order valence-electron chi connectivity index (χ2n) is 6.22. The summed E-state index contributed by atoms with van der Waals surface area (Å²) in [5.74, 6) is 0.273. The monoisotopic (exact) mass is 407 g/mol. The van der Waals surface area contributed by atoms with Gasteiger partial charge in [0.15, 0.2) is 5.96 Å². The minimum absolute atomic E-state index is 0.110. The Labute approximate surface area is 165 Å². The van der Waals surface area contributed by atoms with E-state index < -0.39 is 10.0 Å². The van der Waals surface area contributed by atoms with Crippen LogP contribution >= 0.6 is 0 Å². The molecule has 0 spiro atoms. The quantitative estimate of drug-likeness (QED) is 0.354. The number of halogens is 1. The number of guanidine groups is 1. The Morgan fingerprint density at radius 3 is 2.75 bits per heavy atom. The molecule has 1 aromatic heterocycles. The van der Waals surface area contributed by atoms with Crippen LogP contribution in [0.3, 0.4) is 0 Å². The van der Waals surface area contributed by atoms with Gasteiger partial charge in [0.1, 0.15) is 10.7 Å². The number of aliphatic imine (C=N–C) groups is 1. The summed E-state index contributed by atoms with van der Waals surface area (Å²) in [6, 6.07) is 7.97. The average Bonchev–Trinajstić information content (AvgIpc) is 2.68. The highest BCUT2D eigenvalue weighted by atomic mass is 32.2. The van der Waals surface area contributed by atoms with Gasteiger partial charge in [-0.1, -0.05) is 12.1 Å². The third-order valence-electron chi connectivity index (χ3n) is 4.01. The predicted octanol–water partition coefficient (Wildman–Crippen LogP) is 2.12. The lowest BCUT2D eigenvalue weighted by Gasteiger charge is -2.18. The van der Waals surface area contributed by atoms with Gasteiger partial charge >= 0.3 is 0 Å². The first kappa shape index (κ1) is 21.8. The summed E-state index contributed by atoms with van der Waals surface area (Å²) in [7, 11) is -3.61. The molecule has 0 radical (unpaired) electrons. The van der Waals surface area contributed by atoms with Crippen molar-refractivity contribution in [2.75, 3.05) is 19.6 Å². The number of pyridine rings is 1. The maximum absolute atomic E-state index is 13.8. The Bertz CT molecular complexity index is 904. The lowest BCUT2D eigenvalue weighted by molar-refractivity contribution is 0.581. The zero-order valence-corrected chi connectivity index (χ0v) is 17.1. The van der Waals surface area contributed by atoms with Gasteiger partial charge in [-0.15, -0.1) is 0 Å². The zero-order valence-electron chi connectivity index (χ0n) is 16.2. The van der Waals surface area contributed by atoms with Crippen LogP contribution in [0, 0.1) is 12.7 Å². The van der Waals surface area contributed by atoms with Crippen molar-refractivity contribution in [1.82, 2.24) is 20.3 Å². The summed E-state index contributed by atoms with van der Waals surface area (Å²) >= 11 is 0. The van der Waals surface area contributed by atoms with Gasteiger partial charge in [-0.3, -0.25) is 9.98 Å². The van der Waals surface area contributed by atoms with Gasteiger partial charge in [-0.05, 0) is 50.1 Å². The van der Waals surface area contributed by atoms with Crippen LogP contribution in [0.5, 0.6) is 0 Å². The van der Waals surface area contributed by atoms with E-state index in [4.69, 9.17) is 0 Å². The van der Waals surface area contributed by atoms with Crippen molar-refractivity contribution in [2.24, 2.45) is 4.99 Å². The molecule has 152 valence electrons. The van der Waals surface area contributed by atoms with Crippen molar-refractivity contribution in [1.29, 1.82) is 0 Å². The number of hydrogen-bond acceptors (Lipinski definition) is 4. The van der Waals surface area contributed by atoms with Crippen molar-refractivity contribution in [3.63, 3.8) is 0 Å². The average molecular weight is 408 g/mol. The number of nitrogens with zero attached hydrogens (tertiary/aromatic N) is 2. The normalized spacial score (nSPS) is 13.2. The molecule has 1 atom stereocenters. The number of sulfonamides is 1. The van der Waals surface area contributed by atoms with Crippen LogP contribution in [-0.4, -0.2) is 39.0 Å². The molecule has 0 aliphatic heterocycles. The van der Waals surface area contributed by atoms with Crippen LogP contribution in [0.15, 0.2) is 52.6 Å². The summed E-state index contributed by atoms with van der Waals surface area (Å²) in [6.45, 7) is 6.57. The fraction of sp³-hybridized carbons (Fsp3) is 0.368. The number of aryl methyl sites for hydroxylation is 1. The van der Waals surface area contributed by atoms with Crippen LogP contribution in [0.4, 0.5) is 4.39 Å². The molecule has 2 rings (SSSR count). The predicted molar refractivity (Wildman–Crippen MR) is 108 cm³/mol. The van der Waals surface area contributed by atoms with Gasteiger partial charge in [0.05, 0.1) is 12.6 Å². The Balaban J connectivity index is 1.95. The van der Waals surface area contributed by atoms with Crippen molar-refractivity contribution in [3.8, 4) is 0 Å². The molecule has 1 aromatic carbocycles. The Kier molecular flexibility index (Phi) is 7.89. The molecule has 0 aliphatic carbocycles. The minimum Gasteiger partial charge on any atom is -0.357 e. The maximum Gasteiger partial charge on any atom is 0.242 e. The first-order valence-corrected chi connectivity index (χ1v) is 10.5. The molecule has 0 saturated carbocycles. The zero-order chi connectivity index (χ0) is 20.6. The van der Waals surface area contributed by atoms with Crippen molar-refractivity contribution in [2.45, 2.75) is 31.7 Å². The number of nitrogens with one attached hydrogen (secondary N) is 3. The number of benzene rings is 1. The van der Waals surface area contributed by atoms with E-state index in [1.165, 1.54) is 24.5 Å². The van der Waals surface area contributed by atoms with E-state index in [-0.39, 0.29) is 29.8 Å². The molecule has 28 heavy (non-hydrogen) atoms. The molecule has 0 saturated heterocycles. The Hall–Kier alpha value is -2.52. The second kappa shape index (κ2) is 10.1. The lowest BCUT2D eigenvalue weighted by atomic mass is 10.1. The minimum atomic E-state index is -3.61. The van der Waals surface area contributed by atoms with E-state index in [2.05, 4.69) is 25.3 Å². The molecule has 1 heterocycles. The smallest absolute Gasteiger partial charge is 0.242 e. The van der Waals surface area contributed by atoms with E-state index in [0.29, 0.717) is 18.1 Å². The summed E-state index contributed by atoms with van der Waals surface area (Å²) in [6.07, 6.45) is 2.80. The van der Waals surface area contributed by atoms with Gasteiger partial charge in [0.2, 0.25) is 10.0 Å². The molecule has 0 aliphatic rings. The molecular weight excluding hydrogens is 381 g/mol. The second-order valence-corrected chi connectivity index (χ2v) is 7.99. The molecule has 3 N–H and O–H groups in total. The van der Waals surface area contributed by atoms with E-state index in [0.717, 1.165) is 5.56 Å². The van der Waals surface area contributed by atoms with Gasteiger partial charge < -0.3 is 10.6 Å². The van der Waals surface area contributed by atoms with Crippen LogP contribution in [0.1, 0.15) is 31.0 Å². The van der Waals surface area contributed by atoms with Gasteiger partial charge in [0.25, 0.3) is 0 Å². The summed E-state index contributed by atoms with van der Waals surface area (Å²) < 4.78 is 40.6. The Morgan fingerprint density at radius 2 is 2.11 bits per heavy atom. The first-order valence-electron chi connectivity index (χ1n) is 9.04. The summed E-state index contributed by atoms with van der Waals surface area (Å²) in [5.41, 5.74) is 1.39. The number of aromatic nitrogens is 1. The third kappa shape index (κ3) is 6.28. The molecule has 0 amide bonds. The molecule has 1 unspecified atom stereocenters. The molecule has 0 fully saturated rings. The third-order valence-corrected chi connectivity index (χ3v) is 5.46.